The topological polar surface area (TPSA) is 136 Å². The van der Waals surface area contributed by atoms with E-state index in [9.17, 15) is 14.7 Å². The number of fused-ring (bicyclic) bond motifs is 2. The highest BCUT2D eigenvalue weighted by Crippen LogP contribution is 2.29. The molecule has 238 valence electrons. The van der Waals surface area contributed by atoms with Crippen LogP contribution in [0.4, 0.5) is 0 Å². The maximum atomic E-state index is 12.7. The summed E-state index contributed by atoms with van der Waals surface area (Å²) in [5, 5.41) is 15.9. The Morgan fingerprint density at radius 2 is 1.59 bits per heavy atom. The van der Waals surface area contributed by atoms with E-state index < -0.39 is 5.97 Å². The first-order chi connectivity index (χ1) is 22.5. The number of hydrogen-bond donors (Lipinski definition) is 4. The quantitative estimate of drug-likeness (QED) is 0.0747. The molecule has 1 aromatic heterocycles. The Morgan fingerprint density at radius 3 is 2.43 bits per heavy atom. The largest absolute Gasteiger partial charge is 0.493 e. The standard InChI is InChI=1S/C37H39N3O6/c38-18-21-44-23-24-45-22-19-39-36(41)29-11-3-7-26(25-29)16-17-28-10-4-13-31-32(35(37(42)43)40-34(28)31)14-6-20-46-33-15-5-9-27-8-1-2-12-30(27)33/h1-5,7-13,15-17,25,40H,6,14,18-24,38H2,(H,39,41)(H,42,43)/b17-16+. The molecule has 9 heteroatoms. The highest BCUT2D eigenvalue weighted by atomic mass is 16.5. The molecule has 0 saturated heterocycles. The van der Waals surface area contributed by atoms with E-state index in [0.717, 1.165) is 44.1 Å². The minimum absolute atomic E-state index is 0.187. The van der Waals surface area contributed by atoms with Gasteiger partial charge in [0.15, 0.2) is 0 Å². The number of ether oxygens (including phenoxy) is 3. The predicted molar refractivity (Wildman–Crippen MR) is 181 cm³/mol. The highest BCUT2D eigenvalue weighted by molar-refractivity contribution is 6.01. The van der Waals surface area contributed by atoms with E-state index >= 15 is 0 Å². The van der Waals surface area contributed by atoms with Gasteiger partial charge in [-0.1, -0.05) is 78.9 Å². The fourth-order valence-corrected chi connectivity index (χ4v) is 5.34. The second kappa shape index (κ2) is 16.4. The number of H-pyrrole nitrogens is 1. The van der Waals surface area contributed by atoms with E-state index in [1.54, 1.807) is 6.07 Å². The molecule has 0 aliphatic rings. The van der Waals surface area contributed by atoms with Gasteiger partial charge in [0.1, 0.15) is 11.4 Å². The molecule has 0 radical (unpaired) electrons. The molecule has 0 aliphatic carbocycles. The van der Waals surface area contributed by atoms with Gasteiger partial charge in [0, 0.05) is 29.4 Å². The minimum Gasteiger partial charge on any atom is -0.493 e. The van der Waals surface area contributed by atoms with E-state index in [1.807, 2.05) is 78.9 Å². The molecule has 0 bridgehead atoms. The molecule has 5 aromatic rings. The van der Waals surface area contributed by atoms with Gasteiger partial charge in [-0.15, -0.1) is 0 Å². The number of rotatable bonds is 17. The van der Waals surface area contributed by atoms with Crippen LogP contribution in [-0.2, 0) is 15.9 Å². The Kier molecular flexibility index (Phi) is 11.5. The van der Waals surface area contributed by atoms with Crippen LogP contribution < -0.4 is 15.8 Å². The summed E-state index contributed by atoms with van der Waals surface area (Å²) in [4.78, 5) is 28.0. The van der Waals surface area contributed by atoms with E-state index in [0.29, 0.717) is 64.5 Å². The van der Waals surface area contributed by atoms with Crippen molar-refractivity contribution < 1.29 is 28.9 Å². The lowest BCUT2D eigenvalue weighted by Gasteiger charge is -2.09. The van der Waals surface area contributed by atoms with Crippen LogP contribution in [0, 0.1) is 0 Å². The number of aromatic amines is 1. The third-order valence-electron chi connectivity index (χ3n) is 7.54. The smallest absolute Gasteiger partial charge is 0.352 e. The summed E-state index contributed by atoms with van der Waals surface area (Å²) in [6, 6.07) is 27.2. The summed E-state index contributed by atoms with van der Waals surface area (Å²) >= 11 is 0. The van der Waals surface area contributed by atoms with Crippen LogP contribution >= 0.6 is 0 Å². The van der Waals surface area contributed by atoms with Crippen LogP contribution in [-0.4, -0.2) is 68.1 Å². The Morgan fingerprint density at radius 1 is 0.826 bits per heavy atom. The van der Waals surface area contributed by atoms with Crippen LogP contribution in [0.1, 0.15) is 44.0 Å². The Hall–Kier alpha value is -4.96. The number of nitrogens with one attached hydrogen (secondary N) is 2. The molecule has 46 heavy (non-hydrogen) atoms. The van der Waals surface area contributed by atoms with Crippen molar-refractivity contribution in [3.8, 4) is 5.75 Å². The fraction of sp³-hybridized carbons (Fsp3) is 0.243. The molecule has 0 atom stereocenters. The number of aromatic nitrogens is 1. The molecule has 5 N–H and O–H groups in total. The third-order valence-corrected chi connectivity index (χ3v) is 7.54. The lowest BCUT2D eigenvalue weighted by molar-refractivity contribution is 0.0511. The van der Waals surface area contributed by atoms with Crippen molar-refractivity contribution in [2.75, 3.05) is 46.1 Å². The number of carbonyl (C=O) groups excluding carboxylic acids is 1. The fourth-order valence-electron chi connectivity index (χ4n) is 5.34. The monoisotopic (exact) mass is 621 g/mol. The van der Waals surface area contributed by atoms with Gasteiger partial charge in [-0.05, 0) is 53.1 Å². The lowest BCUT2D eigenvalue weighted by Crippen LogP contribution is -2.27. The molecule has 9 nitrogen and oxygen atoms in total. The molecule has 0 aliphatic heterocycles. The van der Waals surface area contributed by atoms with Gasteiger partial charge in [-0.25, -0.2) is 4.79 Å². The summed E-state index contributed by atoms with van der Waals surface area (Å²) in [6.07, 6.45) is 5.04. The molecule has 4 aromatic carbocycles. The second-order valence-electron chi connectivity index (χ2n) is 10.7. The van der Waals surface area contributed by atoms with Gasteiger partial charge in [0.25, 0.3) is 5.91 Å². The van der Waals surface area contributed by atoms with Crippen molar-refractivity contribution >= 4 is 45.7 Å². The number of aryl methyl sites for hydroxylation is 1. The molecule has 0 unspecified atom stereocenters. The number of aromatic carboxylic acids is 1. The number of carboxylic acids is 1. The zero-order valence-corrected chi connectivity index (χ0v) is 25.7. The van der Waals surface area contributed by atoms with Crippen LogP contribution in [0.3, 0.4) is 0 Å². The normalized spacial score (nSPS) is 11.4. The summed E-state index contributed by atoms with van der Waals surface area (Å²) in [7, 11) is 0. The number of hydrogen-bond acceptors (Lipinski definition) is 6. The SMILES string of the molecule is NCCOCCOCCNC(=O)c1cccc(/C=C/c2cccc3c(CCCOc4cccc5ccccc45)c(C(=O)O)[nH]c23)c1. The molecule has 0 fully saturated rings. The van der Waals surface area contributed by atoms with Crippen LogP contribution in [0.25, 0.3) is 33.8 Å². The predicted octanol–water partition coefficient (Wildman–Crippen LogP) is 5.92. The average molecular weight is 622 g/mol. The van der Waals surface area contributed by atoms with Gasteiger partial charge >= 0.3 is 5.97 Å². The second-order valence-corrected chi connectivity index (χ2v) is 10.7. The summed E-state index contributed by atoms with van der Waals surface area (Å²) in [6.45, 7) is 3.11. The van der Waals surface area contributed by atoms with Crippen molar-refractivity contribution in [1.29, 1.82) is 0 Å². The van der Waals surface area contributed by atoms with Crippen LogP contribution in [0.15, 0.2) is 84.9 Å². The van der Waals surface area contributed by atoms with Crippen molar-refractivity contribution in [2.45, 2.75) is 12.8 Å². The van der Waals surface area contributed by atoms with Crippen molar-refractivity contribution in [2.24, 2.45) is 5.73 Å². The number of carbonyl (C=O) groups is 2. The first kappa shape index (κ1) is 32.4. The number of carboxylic acid groups (broad SMARTS) is 1. The summed E-state index contributed by atoms with van der Waals surface area (Å²) in [5.41, 5.74) is 9.30. The van der Waals surface area contributed by atoms with E-state index in [4.69, 9.17) is 19.9 Å². The minimum atomic E-state index is -1.000. The number of amides is 1. The van der Waals surface area contributed by atoms with Gasteiger partial charge in [-0.3, -0.25) is 4.79 Å². The summed E-state index contributed by atoms with van der Waals surface area (Å²) < 4.78 is 16.8. The van der Waals surface area contributed by atoms with E-state index in [-0.39, 0.29) is 11.6 Å². The van der Waals surface area contributed by atoms with E-state index in [2.05, 4.69) is 22.4 Å². The maximum absolute atomic E-state index is 12.7. The number of nitrogens with two attached hydrogens (primary N) is 1. The summed E-state index contributed by atoms with van der Waals surface area (Å²) in [5.74, 6) is -0.372. The van der Waals surface area contributed by atoms with Crippen molar-refractivity contribution in [1.82, 2.24) is 10.3 Å². The van der Waals surface area contributed by atoms with Crippen molar-refractivity contribution in [3.63, 3.8) is 0 Å². The van der Waals surface area contributed by atoms with Crippen LogP contribution in [0.5, 0.6) is 5.75 Å². The molecule has 0 saturated carbocycles. The van der Waals surface area contributed by atoms with Gasteiger partial charge in [0.2, 0.25) is 0 Å². The number of benzene rings is 4. The molecular formula is C37H39N3O6. The Bertz CT molecular complexity index is 1810. The van der Waals surface area contributed by atoms with Gasteiger partial charge in [0.05, 0.1) is 38.6 Å². The zero-order valence-electron chi connectivity index (χ0n) is 25.7. The maximum Gasteiger partial charge on any atom is 0.352 e. The lowest BCUT2D eigenvalue weighted by atomic mass is 10.0. The van der Waals surface area contributed by atoms with Crippen LogP contribution in [0.2, 0.25) is 0 Å². The molecule has 5 rings (SSSR count). The van der Waals surface area contributed by atoms with Gasteiger partial charge < -0.3 is 35.4 Å². The molecule has 0 spiro atoms. The number of para-hydroxylation sites is 1. The van der Waals surface area contributed by atoms with Gasteiger partial charge in [-0.2, -0.15) is 0 Å². The molecule has 1 amide bonds. The Balaban J connectivity index is 1.22. The molecular weight excluding hydrogens is 582 g/mol. The average Bonchev–Trinajstić information content (AvgIpc) is 3.46. The zero-order chi connectivity index (χ0) is 32.1. The third kappa shape index (κ3) is 8.39. The van der Waals surface area contributed by atoms with Crippen molar-refractivity contribution in [3.05, 3.63) is 113 Å². The highest BCUT2D eigenvalue weighted by Gasteiger charge is 2.18. The first-order valence-corrected chi connectivity index (χ1v) is 15.4. The van der Waals surface area contributed by atoms with E-state index in [1.165, 1.54) is 0 Å². The Labute approximate surface area is 268 Å². The first-order valence-electron chi connectivity index (χ1n) is 15.4. The molecule has 1 heterocycles.